The predicted molar refractivity (Wildman–Crippen MR) is 125 cm³/mol. The van der Waals surface area contributed by atoms with Gasteiger partial charge in [0.1, 0.15) is 12.4 Å². The number of benzene rings is 2. The van der Waals surface area contributed by atoms with Crippen molar-refractivity contribution >= 4 is 36.4 Å². The topological polar surface area (TPSA) is 33.7 Å². The molecule has 1 N–H and O–H groups in total. The molecule has 2 aromatic rings. The van der Waals surface area contributed by atoms with Crippen molar-refractivity contribution in [3.05, 3.63) is 58.4 Å². The molecule has 3 rings (SSSR count). The number of halogens is 4. The molecular formula is C22H30Cl3FN2O2. The van der Waals surface area contributed by atoms with Crippen molar-refractivity contribution in [2.24, 2.45) is 0 Å². The van der Waals surface area contributed by atoms with Gasteiger partial charge in [0.15, 0.2) is 11.5 Å². The zero-order chi connectivity index (χ0) is 19.9. The van der Waals surface area contributed by atoms with E-state index < -0.39 is 0 Å². The average molecular weight is 480 g/mol. The number of nitrogens with one attached hydrogen (secondary N) is 1. The monoisotopic (exact) mass is 478 g/mol. The maximum absolute atomic E-state index is 13.8. The van der Waals surface area contributed by atoms with Crippen LogP contribution in [0.1, 0.15) is 30.9 Å². The van der Waals surface area contributed by atoms with Gasteiger partial charge in [-0.1, -0.05) is 36.7 Å². The number of likely N-dealkylation sites (N-methyl/N-ethyl adjacent to an activating group) is 1. The van der Waals surface area contributed by atoms with Crippen LogP contribution in [-0.2, 0) is 13.2 Å². The van der Waals surface area contributed by atoms with Crippen LogP contribution in [0.4, 0.5) is 4.39 Å². The number of nitrogens with zero attached hydrogens (tertiary/aromatic N) is 1. The lowest BCUT2D eigenvalue weighted by Gasteiger charge is -2.23. The molecule has 0 bridgehead atoms. The molecule has 0 amide bonds. The van der Waals surface area contributed by atoms with Crippen LogP contribution < -0.4 is 14.8 Å². The van der Waals surface area contributed by atoms with Gasteiger partial charge in [0, 0.05) is 24.7 Å². The zero-order valence-electron chi connectivity index (χ0n) is 17.3. The summed E-state index contributed by atoms with van der Waals surface area (Å²) in [5.74, 6) is 0.687. The number of rotatable bonds is 9. The van der Waals surface area contributed by atoms with Crippen LogP contribution in [0.2, 0.25) is 5.02 Å². The zero-order valence-corrected chi connectivity index (χ0v) is 19.7. The minimum atomic E-state index is -0.300. The molecule has 30 heavy (non-hydrogen) atoms. The SMILES string of the molecule is CCN1CCCC1CNCc1cc(Cl)c(OCc2ccccc2F)c(OC)c1.Cl.Cl. The Labute approximate surface area is 195 Å². The fraction of sp³-hybridized carbons (Fsp3) is 0.455. The molecule has 0 spiro atoms. The molecule has 168 valence electrons. The molecule has 0 saturated carbocycles. The number of hydrogen-bond acceptors (Lipinski definition) is 4. The van der Waals surface area contributed by atoms with Gasteiger partial charge in [-0.3, -0.25) is 4.90 Å². The summed E-state index contributed by atoms with van der Waals surface area (Å²) in [6.07, 6.45) is 2.52. The molecule has 1 unspecified atom stereocenters. The molecule has 1 aliphatic rings. The first kappa shape index (κ1) is 26.8. The minimum Gasteiger partial charge on any atom is -0.493 e. The number of likely N-dealkylation sites (tertiary alicyclic amines) is 1. The van der Waals surface area contributed by atoms with Crippen LogP contribution in [0, 0.1) is 5.82 Å². The number of hydrogen-bond donors (Lipinski definition) is 1. The highest BCUT2D eigenvalue weighted by Crippen LogP contribution is 2.37. The Morgan fingerprint density at radius 1 is 1.23 bits per heavy atom. The van der Waals surface area contributed by atoms with Crippen LogP contribution in [0.3, 0.4) is 0 Å². The van der Waals surface area contributed by atoms with E-state index in [2.05, 4.69) is 17.1 Å². The summed E-state index contributed by atoms with van der Waals surface area (Å²) >= 11 is 6.44. The van der Waals surface area contributed by atoms with Crippen molar-refractivity contribution in [3.63, 3.8) is 0 Å². The molecule has 1 fully saturated rings. The van der Waals surface area contributed by atoms with Crippen LogP contribution in [0.15, 0.2) is 36.4 Å². The lowest BCUT2D eigenvalue weighted by Crippen LogP contribution is -2.37. The van der Waals surface area contributed by atoms with Crippen molar-refractivity contribution in [3.8, 4) is 11.5 Å². The van der Waals surface area contributed by atoms with E-state index in [-0.39, 0.29) is 37.2 Å². The maximum atomic E-state index is 13.8. The van der Waals surface area contributed by atoms with E-state index >= 15 is 0 Å². The van der Waals surface area contributed by atoms with E-state index in [0.717, 1.165) is 18.7 Å². The molecule has 1 heterocycles. The van der Waals surface area contributed by atoms with Crippen LogP contribution in [-0.4, -0.2) is 37.7 Å². The lowest BCUT2D eigenvalue weighted by molar-refractivity contribution is 0.259. The smallest absolute Gasteiger partial charge is 0.180 e. The average Bonchev–Trinajstić information content (AvgIpc) is 3.15. The Hall–Kier alpha value is -1.24. The largest absolute Gasteiger partial charge is 0.493 e. The highest BCUT2D eigenvalue weighted by atomic mass is 35.5. The fourth-order valence-corrected chi connectivity index (χ4v) is 3.99. The molecule has 4 nitrogen and oxygen atoms in total. The molecular weight excluding hydrogens is 450 g/mol. The van der Waals surface area contributed by atoms with Gasteiger partial charge >= 0.3 is 0 Å². The molecule has 0 aliphatic carbocycles. The first-order valence-electron chi connectivity index (χ1n) is 9.79. The molecule has 1 aliphatic heterocycles. The Morgan fingerprint density at radius 2 is 2.00 bits per heavy atom. The second-order valence-corrected chi connectivity index (χ2v) is 7.45. The van der Waals surface area contributed by atoms with E-state index in [1.54, 1.807) is 25.3 Å². The summed E-state index contributed by atoms with van der Waals surface area (Å²) < 4.78 is 25.0. The predicted octanol–water partition coefficient (Wildman–Crippen LogP) is 5.48. The van der Waals surface area contributed by atoms with Gasteiger partial charge in [0.25, 0.3) is 0 Å². The van der Waals surface area contributed by atoms with Crippen molar-refractivity contribution in [1.29, 1.82) is 0 Å². The summed E-state index contributed by atoms with van der Waals surface area (Å²) in [5.41, 5.74) is 1.50. The fourth-order valence-electron chi connectivity index (χ4n) is 3.71. The second kappa shape index (κ2) is 13.2. The van der Waals surface area contributed by atoms with Crippen molar-refractivity contribution in [2.45, 2.75) is 39.0 Å². The highest BCUT2D eigenvalue weighted by molar-refractivity contribution is 6.32. The molecule has 1 atom stereocenters. The van der Waals surface area contributed by atoms with E-state index in [1.165, 1.54) is 25.5 Å². The summed E-state index contributed by atoms with van der Waals surface area (Å²) in [7, 11) is 1.58. The van der Waals surface area contributed by atoms with Gasteiger partial charge in [-0.2, -0.15) is 0 Å². The molecule has 1 saturated heterocycles. The summed E-state index contributed by atoms with van der Waals surface area (Å²) in [5, 5.41) is 3.99. The summed E-state index contributed by atoms with van der Waals surface area (Å²) in [6, 6.07) is 10.9. The van der Waals surface area contributed by atoms with Crippen LogP contribution >= 0.6 is 36.4 Å². The first-order chi connectivity index (χ1) is 13.6. The van der Waals surface area contributed by atoms with E-state index in [1.807, 2.05) is 12.1 Å². The summed E-state index contributed by atoms with van der Waals surface area (Å²) in [6.45, 7) is 6.26. The van der Waals surface area contributed by atoms with E-state index in [0.29, 0.717) is 34.7 Å². The lowest BCUT2D eigenvalue weighted by atomic mass is 10.1. The Kier molecular flexibility index (Phi) is 11.8. The molecule has 0 aromatic heterocycles. The summed E-state index contributed by atoms with van der Waals surface area (Å²) in [4.78, 5) is 2.51. The number of ether oxygens (including phenoxy) is 2. The van der Waals surface area contributed by atoms with Crippen LogP contribution in [0.25, 0.3) is 0 Å². The third kappa shape index (κ3) is 6.89. The van der Waals surface area contributed by atoms with Gasteiger partial charge < -0.3 is 14.8 Å². The highest BCUT2D eigenvalue weighted by Gasteiger charge is 2.22. The van der Waals surface area contributed by atoms with Crippen molar-refractivity contribution in [2.75, 3.05) is 26.7 Å². The van der Waals surface area contributed by atoms with Crippen molar-refractivity contribution in [1.82, 2.24) is 10.2 Å². The van der Waals surface area contributed by atoms with Crippen LogP contribution in [0.5, 0.6) is 11.5 Å². The third-order valence-electron chi connectivity index (χ3n) is 5.23. The maximum Gasteiger partial charge on any atom is 0.180 e. The van der Waals surface area contributed by atoms with E-state index in [4.69, 9.17) is 21.1 Å². The standard InChI is InChI=1S/C22H28ClFN2O2.2ClH/c1-3-26-10-6-8-18(26)14-25-13-16-11-19(23)22(21(12-16)27-2)28-15-17-7-4-5-9-20(17)24;;/h4-5,7,9,11-12,18,25H,3,6,8,10,13-15H2,1-2H3;2*1H. The van der Waals surface area contributed by atoms with Gasteiger partial charge in [-0.05, 0) is 49.7 Å². The van der Waals surface area contributed by atoms with Gasteiger partial charge in [-0.25, -0.2) is 4.39 Å². The molecule has 8 heteroatoms. The second-order valence-electron chi connectivity index (χ2n) is 7.04. The van der Waals surface area contributed by atoms with Gasteiger partial charge in [0.05, 0.1) is 12.1 Å². The van der Waals surface area contributed by atoms with Gasteiger partial charge in [0.2, 0.25) is 0 Å². The Bertz CT molecular complexity index is 795. The number of methoxy groups -OCH3 is 1. The van der Waals surface area contributed by atoms with Gasteiger partial charge in [-0.15, -0.1) is 24.8 Å². The Balaban J connectivity index is 0.00000225. The molecule has 2 aromatic carbocycles. The van der Waals surface area contributed by atoms with E-state index in [9.17, 15) is 4.39 Å². The first-order valence-corrected chi connectivity index (χ1v) is 10.2. The third-order valence-corrected chi connectivity index (χ3v) is 5.51. The minimum absolute atomic E-state index is 0. The molecule has 0 radical (unpaired) electrons. The Morgan fingerprint density at radius 3 is 2.70 bits per heavy atom. The normalized spacial score (nSPS) is 15.9. The quantitative estimate of drug-likeness (QED) is 0.516. The van der Waals surface area contributed by atoms with Crippen molar-refractivity contribution < 1.29 is 13.9 Å².